The van der Waals surface area contributed by atoms with Gasteiger partial charge in [-0.15, -0.1) is 13.2 Å². The molecule has 0 radical (unpaired) electrons. The maximum atomic E-state index is 12.1. The van der Waals surface area contributed by atoms with Crippen LogP contribution in [0.15, 0.2) is 18.2 Å². The maximum absolute atomic E-state index is 12.1. The van der Waals surface area contributed by atoms with E-state index in [-0.39, 0.29) is 5.75 Å². The van der Waals surface area contributed by atoms with Crippen LogP contribution in [0.5, 0.6) is 5.75 Å². The van der Waals surface area contributed by atoms with Crippen molar-refractivity contribution in [2.45, 2.75) is 24.6 Å². The van der Waals surface area contributed by atoms with Crippen LogP contribution in [0.2, 0.25) is 0 Å². The normalized spacial score (nSPS) is 20.6. The molecule has 0 unspecified atom stereocenters. The van der Waals surface area contributed by atoms with Crippen molar-refractivity contribution >= 4 is 11.8 Å². The molecular weight excluding hydrogens is 253 g/mol. The lowest BCUT2D eigenvalue weighted by Gasteiger charge is -2.14. The van der Waals surface area contributed by atoms with E-state index in [2.05, 4.69) is 4.74 Å². The fourth-order valence-corrected chi connectivity index (χ4v) is 2.76. The van der Waals surface area contributed by atoms with Crippen molar-refractivity contribution in [2.24, 2.45) is 0 Å². The van der Waals surface area contributed by atoms with E-state index in [1.54, 1.807) is 17.8 Å². The number of hydrogen-bond acceptors (Lipinski definition) is 3. The van der Waals surface area contributed by atoms with E-state index in [0.717, 1.165) is 11.3 Å². The Bertz CT molecular complexity index is 406. The first-order valence-corrected chi connectivity index (χ1v) is 6.25. The van der Waals surface area contributed by atoms with Crippen LogP contribution < -0.4 is 4.74 Å². The minimum absolute atomic E-state index is 0.276. The van der Waals surface area contributed by atoms with Crippen LogP contribution in [0.1, 0.15) is 23.7 Å². The Morgan fingerprint density at radius 1 is 1.35 bits per heavy atom. The second-order valence-electron chi connectivity index (χ2n) is 3.77. The molecule has 2 rings (SSSR count). The molecule has 0 amide bonds. The van der Waals surface area contributed by atoms with Gasteiger partial charge in [-0.2, -0.15) is 11.8 Å². The van der Waals surface area contributed by atoms with Gasteiger partial charge in [-0.3, -0.25) is 0 Å². The van der Waals surface area contributed by atoms with Gasteiger partial charge in [-0.05, 0) is 35.4 Å². The van der Waals surface area contributed by atoms with Crippen molar-refractivity contribution in [2.75, 3.05) is 5.75 Å². The molecule has 0 spiro atoms. The molecule has 0 aliphatic carbocycles. The van der Waals surface area contributed by atoms with Crippen LogP contribution in [0.4, 0.5) is 13.2 Å². The second-order valence-corrected chi connectivity index (χ2v) is 4.87. The van der Waals surface area contributed by atoms with Crippen LogP contribution in [0.25, 0.3) is 0 Å². The number of ether oxygens (including phenoxy) is 1. The molecule has 1 aliphatic rings. The fourth-order valence-electron chi connectivity index (χ4n) is 1.74. The first-order chi connectivity index (χ1) is 7.96. The van der Waals surface area contributed by atoms with E-state index in [9.17, 15) is 18.3 Å². The summed E-state index contributed by atoms with van der Waals surface area (Å²) in [6.45, 7) is 0. The van der Waals surface area contributed by atoms with Gasteiger partial charge >= 0.3 is 6.36 Å². The molecule has 0 saturated heterocycles. The third-order valence-corrected chi connectivity index (χ3v) is 3.54. The summed E-state index contributed by atoms with van der Waals surface area (Å²) in [4.78, 5) is 0. The van der Waals surface area contributed by atoms with Gasteiger partial charge < -0.3 is 9.84 Å². The van der Waals surface area contributed by atoms with Crippen molar-refractivity contribution in [1.29, 1.82) is 0 Å². The number of alkyl halides is 3. The zero-order chi connectivity index (χ0) is 12.5. The Morgan fingerprint density at radius 3 is 2.82 bits per heavy atom. The summed E-state index contributed by atoms with van der Waals surface area (Å²) in [6, 6.07) is 4.14. The first-order valence-electron chi connectivity index (χ1n) is 5.10. The molecule has 1 heterocycles. The van der Waals surface area contributed by atoms with Crippen molar-refractivity contribution in [1.82, 2.24) is 0 Å². The van der Waals surface area contributed by atoms with E-state index < -0.39 is 12.5 Å². The highest BCUT2D eigenvalue weighted by molar-refractivity contribution is 7.98. The van der Waals surface area contributed by atoms with Gasteiger partial charge in [0, 0.05) is 5.75 Å². The molecule has 6 heteroatoms. The van der Waals surface area contributed by atoms with Gasteiger partial charge in [0.05, 0.1) is 6.10 Å². The van der Waals surface area contributed by atoms with Crippen LogP contribution in [0, 0.1) is 0 Å². The van der Waals surface area contributed by atoms with Crippen molar-refractivity contribution in [3.63, 3.8) is 0 Å². The lowest BCUT2D eigenvalue weighted by molar-refractivity contribution is -0.274. The topological polar surface area (TPSA) is 29.5 Å². The van der Waals surface area contributed by atoms with Gasteiger partial charge in [0.15, 0.2) is 0 Å². The second kappa shape index (κ2) is 4.78. The molecule has 0 fully saturated rings. The minimum Gasteiger partial charge on any atom is -0.406 e. The van der Waals surface area contributed by atoms with Gasteiger partial charge in [0.25, 0.3) is 0 Å². The standard InChI is InChI=1S/C11H11F3O2S/c12-11(13,14)16-8-2-1-7-6-17-4-3-10(15)9(7)5-8/h1-2,5,10,15H,3-4,6H2/t10-/m1/s1. The van der Waals surface area contributed by atoms with Gasteiger partial charge in [-0.25, -0.2) is 0 Å². The summed E-state index contributed by atoms with van der Waals surface area (Å²) in [5.74, 6) is 1.23. The number of thioether (sulfide) groups is 1. The average molecular weight is 264 g/mol. The fraction of sp³-hybridized carbons (Fsp3) is 0.455. The Hall–Kier alpha value is -0.880. The highest BCUT2D eigenvalue weighted by atomic mass is 32.2. The Morgan fingerprint density at radius 2 is 2.12 bits per heavy atom. The van der Waals surface area contributed by atoms with Gasteiger partial charge in [0.2, 0.25) is 0 Å². The highest BCUT2D eigenvalue weighted by Gasteiger charge is 2.31. The summed E-state index contributed by atoms with van der Waals surface area (Å²) in [5.41, 5.74) is 1.41. The number of fused-ring (bicyclic) bond motifs is 1. The molecule has 0 bridgehead atoms. The van der Waals surface area contributed by atoms with E-state index >= 15 is 0 Å². The predicted molar refractivity (Wildman–Crippen MR) is 58.9 cm³/mol. The van der Waals surface area contributed by atoms with E-state index in [4.69, 9.17) is 0 Å². The lowest BCUT2D eigenvalue weighted by atomic mass is 10.0. The molecule has 94 valence electrons. The molecule has 1 N–H and O–H groups in total. The summed E-state index contributed by atoms with van der Waals surface area (Å²) in [6.07, 6.45) is -4.86. The predicted octanol–water partition coefficient (Wildman–Crippen LogP) is 3.26. The first kappa shape index (κ1) is 12.6. The minimum atomic E-state index is -4.70. The van der Waals surface area contributed by atoms with E-state index in [1.807, 2.05) is 0 Å². The number of benzene rings is 1. The van der Waals surface area contributed by atoms with Crippen LogP contribution in [-0.2, 0) is 5.75 Å². The van der Waals surface area contributed by atoms with Gasteiger partial charge in [-0.1, -0.05) is 6.07 Å². The number of halogens is 3. The third-order valence-electron chi connectivity index (χ3n) is 2.50. The van der Waals surface area contributed by atoms with Crippen LogP contribution in [0.3, 0.4) is 0 Å². The summed E-state index contributed by atoms with van der Waals surface area (Å²) in [5, 5.41) is 9.81. The zero-order valence-electron chi connectivity index (χ0n) is 8.83. The molecule has 1 atom stereocenters. The molecule has 0 aromatic heterocycles. The highest BCUT2D eigenvalue weighted by Crippen LogP contribution is 2.34. The van der Waals surface area contributed by atoms with E-state index in [1.165, 1.54) is 12.1 Å². The number of aliphatic hydroxyl groups excluding tert-OH is 1. The largest absolute Gasteiger partial charge is 0.573 e. The monoisotopic (exact) mass is 264 g/mol. The van der Waals surface area contributed by atoms with Crippen LogP contribution in [-0.4, -0.2) is 17.2 Å². The SMILES string of the molecule is O[C@@H]1CCSCc2ccc(OC(F)(F)F)cc21. The quantitative estimate of drug-likeness (QED) is 0.844. The number of rotatable bonds is 1. The average Bonchev–Trinajstić information content (AvgIpc) is 2.39. The van der Waals surface area contributed by atoms with Crippen molar-refractivity contribution in [3.8, 4) is 5.75 Å². The molecular formula is C11H11F3O2S. The molecule has 2 nitrogen and oxygen atoms in total. The smallest absolute Gasteiger partial charge is 0.406 e. The molecule has 0 saturated carbocycles. The summed E-state index contributed by atoms with van der Waals surface area (Å²) < 4.78 is 40.0. The Kier molecular flexibility index (Phi) is 3.53. The van der Waals surface area contributed by atoms with Crippen molar-refractivity contribution in [3.05, 3.63) is 29.3 Å². The Labute approximate surface area is 101 Å². The summed E-state index contributed by atoms with van der Waals surface area (Å²) in [7, 11) is 0. The van der Waals surface area contributed by atoms with Crippen molar-refractivity contribution < 1.29 is 23.0 Å². The molecule has 1 aromatic carbocycles. The van der Waals surface area contributed by atoms with Crippen LogP contribution >= 0.6 is 11.8 Å². The Balaban J connectivity index is 2.28. The molecule has 17 heavy (non-hydrogen) atoms. The zero-order valence-corrected chi connectivity index (χ0v) is 9.64. The van der Waals surface area contributed by atoms with Gasteiger partial charge in [0.1, 0.15) is 5.75 Å². The molecule has 1 aliphatic heterocycles. The third kappa shape index (κ3) is 3.29. The van der Waals surface area contributed by atoms with E-state index in [0.29, 0.717) is 17.7 Å². The summed E-state index contributed by atoms with van der Waals surface area (Å²) >= 11 is 1.66. The lowest BCUT2D eigenvalue weighted by Crippen LogP contribution is -2.17. The maximum Gasteiger partial charge on any atom is 0.573 e. The number of hydrogen-bond donors (Lipinski definition) is 1. The molecule has 1 aromatic rings. The number of aliphatic hydroxyl groups is 1.